The Morgan fingerprint density at radius 3 is 2.29 bits per heavy atom. The minimum Gasteiger partial charge on any atom is -0.466 e. The lowest BCUT2D eigenvalue weighted by Crippen LogP contribution is -2.02. The number of halogens is 1. The van der Waals surface area contributed by atoms with E-state index in [1.54, 1.807) is 6.20 Å². The first-order valence-electron chi connectivity index (χ1n) is 4.83. The molecule has 0 amide bonds. The van der Waals surface area contributed by atoms with Crippen LogP contribution in [-0.2, 0) is 16.1 Å². The van der Waals surface area contributed by atoms with E-state index in [0.717, 1.165) is 12.6 Å². The molecule has 1 aromatic rings. The van der Waals surface area contributed by atoms with E-state index in [9.17, 15) is 4.79 Å². The van der Waals surface area contributed by atoms with Gasteiger partial charge in [0.15, 0.2) is 0 Å². The zero-order valence-corrected chi connectivity index (χ0v) is 10.7. The quantitative estimate of drug-likeness (QED) is 0.664. The smallest absolute Gasteiger partial charge is 0.329 e. The van der Waals surface area contributed by atoms with Crippen LogP contribution in [0.2, 0.25) is 0 Å². The standard InChI is InChI=1S/C9H11N.C4H6O2.ClH/c1-2-10-8-9-6-4-3-5-7-9;1-3-4(5)6-2;/h2-7,10H,1,8H2;3H,1H2,2H3;1H. The van der Waals surface area contributed by atoms with Gasteiger partial charge in [0.1, 0.15) is 0 Å². The van der Waals surface area contributed by atoms with E-state index in [0.29, 0.717) is 0 Å². The average Bonchev–Trinajstić information content (AvgIpc) is 2.37. The first kappa shape index (κ1) is 17.6. The number of ether oxygens (including phenoxy) is 1. The summed E-state index contributed by atoms with van der Waals surface area (Å²) in [6.07, 6.45) is 2.81. The Hall–Kier alpha value is -1.74. The second-order valence-electron chi connectivity index (χ2n) is 2.80. The average molecular weight is 256 g/mol. The molecule has 17 heavy (non-hydrogen) atoms. The molecule has 0 saturated carbocycles. The van der Waals surface area contributed by atoms with E-state index < -0.39 is 5.97 Å². The molecule has 1 rings (SSSR count). The fourth-order valence-electron chi connectivity index (χ4n) is 0.869. The van der Waals surface area contributed by atoms with E-state index in [-0.39, 0.29) is 12.4 Å². The van der Waals surface area contributed by atoms with Gasteiger partial charge in [-0.1, -0.05) is 43.5 Å². The Labute approximate surface area is 109 Å². The van der Waals surface area contributed by atoms with Crippen LogP contribution in [0, 0.1) is 0 Å². The lowest BCUT2D eigenvalue weighted by molar-refractivity contribution is -0.134. The molecule has 1 aromatic carbocycles. The number of hydrogen-bond donors (Lipinski definition) is 1. The van der Waals surface area contributed by atoms with Gasteiger partial charge in [-0.25, -0.2) is 4.79 Å². The summed E-state index contributed by atoms with van der Waals surface area (Å²) in [6, 6.07) is 10.2. The van der Waals surface area contributed by atoms with E-state index in [1.165, 1.54) is 12.7 Å². The fraction of sp³-hybridized carbons (Fsp3) is 0.154. The second-order valence-corrected chi connectivity index (χ2v) is 2.80. The minimum absolute atomic E-state index is 0. The zero-order chi connectivity index (χ0) is 12.2. The van der Waals surface area contributed by atoms with Crippen LogP contribution in [0.4, 0.5) is 0 Å². The number of nitrogens with one attached hydrogen (secondary N) is 1. The Bertz CT molecular complexity index is 325. The summed E-state index contributed by atoms with van der Waals surface area (Å²) >= 11 is 0. The normalized spacial score (nSPS) is 7.59. The van der Waals surface area contributed by atoms with Crippen LogP contribution < -0.4 is 5.32 Å². The highest BCUT2D eigenvalue weighted by Gasteiger charge is 1.84. The predicted molar refractivity (Wildman–Crippen MR) is 72.9 cm³/mol. The second kappa shape index (κ2) is 12.3. The maximum absolute atomic E-state index is 9.84. The van der Waals surface area contributed by atoms with Crippen molar-refractivity contribution >= 4 is 18.4 Å². The van der Waals surface area contributed by atoms with Gasteiger partial charge in [-0.15, -0.1) is 12.4 Å². The largest absolute Gasteiger partial charge is 0.466 e. The van der Waals surface area contributed by atoms with E-state index in [4.69, 9.17) is 0 Å². The lowest BCUT2D eigenvalue weighted by atomic mass is 10.2. The third-order valence-electron chi connectivity index (χ3n) is 1.66. The highest BCUT2D eigenvalue weighted by molar-refractivity contribution is 5.85. The number of carbonyl (C=O) groups excluding carboxylic acids is 1. The summed E-state index contributed by atoms with van der Waals surface area (Å²) in [4.78, 5) is 9.84. The Morgan fingerprint density at radius 1 is 1.35 bits per heavy atom. The van der Waals surface area contributed by atoms with Crippen molar-refractivity contribution in [1.29, 1.82) is 0 Å². The Kier molecular flexibility index (Phi) is 12.8. The highest BCUT2D eigenvalue weighted by Crippen LogP contribution is 1.96. The van der Waals surface area contributed by atoms with E-state index in [2.05, 4.69) is 35.3 Å². The van der Waals surface area contributed by atoms with Gasteiger partial charge in [-0.3, -0.25) is 0 Å². The first-order chi connectivity index (χ1) is 7.74. The molecule has 0 aromatic heterocycles. The molecule has 0 atom stereocenters. The molecule has 0 aliphatic rings. The monoisotopic (exact) mass is 255 g/mol. The number of esters is 1. The van der Waals surface area contributed by atoms with Crippen molar-refractivity contribution < 1.29 is 9.53 Å². The number of rotatable bonds is 4. The van der Waals surface area contributed by atoms with E-state index >= 15 is 0 Å². The van der Waals surface area contributed by atoms with Gasteiger partial charge in [-0.05, 0) is 11.8 Å². The van der Waals surface area contributed by atoms with Crippen LogP contribution in [0.3, 0.4) is 0 Å². The molecule has 0 heterocycles. The van der Waals surface area contributed by atoms with Crippen LogP contribution in [0.25, 0.3) is 0 Å². The van der Waals surface area contributed by atoms with Crippen molar-refractivity contribution in [3.8, 4) is 0 Å². The molecule has 1 N–H and O–H groups in total. The molecule has 0 saturated heterocycles. The lowest BCUT2D eigenvalue weighted by Gasteiger charge is -1.98. The van der Waals surface area contributed by atoms with E-state index in [1.807, 2.05) is 18.2 Å². The fourth-order valence-corrected chi connectivity index (χ4v) is 0.869. The van der Waals surface area contributed by atoms with Gasteiger partial charge in [0.2, 0.25) is 0 Å². The van der Waals surface area contributed by atoms with Crippen molar-refractivity contribution in [3.63, 3.8) is 0 Å². The van der Waals surface area contributed by atoms with Crippen LogP contribution in [0.15, 0.2) is 55.8 Å². The molecule has 0 unspecified atom stereocenters. The summed E-state index contributed by atoms with van der Waals surface area (Å²) < 4.78 is 4.14. The topological polar surface area (TPSA) is 38.3 Å². The van der Waals surface area contributed by atoms with Crippen molar-refractivity contribution in [2.75, 3.05) is 7.11 Å². The molecular formula is C13H18ClNO2. The minimum atomic E-state index is -0.394. The van der Waals surface area contributed by atoms with Crippen LogP contribution in [0.5, 0.6) is 0 Å². The molecule has 0 spiro atoms. The van der Waals surface area contributed by atoms with Gasteiger partial charge < -0.3 is 10.1 Å². The number of methoxy groups -OCH3 is 1. The zero-order valence-electron chi connectivity index (χ0n) is 9.89. The van der Waals surface area contributed by atoms with Gasteiger partial charge in [0.25, 0.3) is 0 Å². The Balaban J connectivity index is 0. The van der Waals surface area contributed by atoms with Crippen LogP contribution in [-0.4, -0.2) is 13.1 Å². The Morgan fingerprint density at radius 2 is 1.94 bits per heavy atom. The molecule has 94 valence electrons. The molecule has 4 heteroatoms. The maximum atomic E-state index is 9.84. The van der Waals surface area contributed by atoms with Gasteiger partial charge >= 0.3 is 5.97 Å². The maximum Gasteiger partial charge on any atom is 0.329 e. The summed E-state index contributed by atoms with van der Waals surface area (Å²) in [6.45, 7) is 7.59. The molecule has 3 nitrogen and oxygen atoms in total. The molecule has 0 fully saturated rings. The number of hydrogen-bond acceptors (Lipinski definition) is 3. The third kappa shape index (κ3) is 10.5. The summed E-state index contributed by atoms with van der Waals surface area (Å²) in [5.74, 6) is -0.394. The van der Waals surface area contributed by atoms with Crippen molar-refractivity contribution in [2.24, 2.45) is 0 Å². The predicted octanol–water partition coefficient (Wildman–Crippen LogP) is 2.69. The van der Waals surface area contributed by atoms with Gasteiger partial charge in [0.05, 0.1) is 7.11 Å². The first-order valence-corrected chi connectivity index (χ1v) is 4.83. The van der Waals surface area contributed by atoms with Gasteiger partial charge in [0, 0.05) is 12.6 Å². The number of carbonyl (C=O) groups is 1. The molecule has 0 aliphatic heterocycles. The molecule has 0 bridgehead atoms. The summed E-state index contributed by atoms with van der Waals surface area (Å²) in [5.41, 5.74) is 1.28. The van der Waals surface area contributed by atoms with Crippen molar-refractivity contribution in [3.05, 3.63) is 61.3 Å². The summed E-state index contributed by atoms with van der Waals surface area (Å²) in [7, 11) is 1.31. The van der Waals surface area contributed by atoms with Crippen LogP contribution in [0.1, 0.15) is 5.56 Å². The molecular weight excluding hydrogens is 238 g/mol. The van der Waals surface area contributed by atoms with Crippen LogP contribution >= 0.6 is 12.4 Å². The molecule has 0 radical (unpaired) electrons. The van der Waals surface area contributed by atoms with Gasteiger partial charge in [-0.2, -0.15) is 0 Å². The summed E-state index contributed by atoms with van der Waals surface area (Å²) in [5, 5.41) is 3.03. The third-order valence-corrected chi connectivity index (χ3v) is 1.66. The van der Waals surface area contributed by atoms with Crippen molar-refractivity contribution in [1.82, 2.24) is 5.32 Å². The SMILES string of the molecule is C=CC(=O)OC.C=CNCc1ccccc1.Cl. The molecule has 0 aliphatic carbocycles. The number of benzene rings is 1. The highest BCUT2D eigenvalue weighted by atomic mass is 35.5. The van der Waals surface area contributed by atoms with Crippen molar-refractivity contribution in [2.45, 2.75) is 6.54 Å².